The first-order valence-electron chi connectivity index (χ1n) is 6.98. The molecule has 1 saturated heterocycles. The van der Waals surface area contributed by atoms with Crippen LogP contribution in [0.25, 0.3) is 0 Å². The molecule has 7 nitrogen and oxygen atoms in total. The van der Waals surface area contributed by atoms with Crippen LogP contribution in [0.3, 0.4) is 0 Å². The summed E-state index contributed by atoms with van der Waals surface area (Å²) in [4.78, 5) is 24.4. The number of carbonyl (C=O) groups is 2. The van der Waals surface area contributed by atoms with Crippen LogP contribution in [0.4, 0.5) is 19.3 Å². The molecule has 0 saturated carbocycles. The smallest absolute Gasteiger partial charge is 0.414 e. The van der Waals surface area contributed by atoms with Crippen LogP contribution in [0.15, 0.2) is 12.1 Å². The highest BCUT2D eigenvalue weighted by Gasteiger charge is 2.47. The van der Waals surface area contributed by atoms with Gasteiger partial charge >= 0.3 is 18.0 Å². The van der Waals surface area contributed by atoms with Gasteiger partial charge in [-0.05, 0) is 13.0 Å². The summed E-state index contributed by atoms with van der Waals surface area (Å²) in [5.41, 5.74) is -1.24. The van der Waals surface area contributed by atoms with E-state index in [0.717, 1.165) is 19.2 Å². The number of carbonyl (C=O) groups excluding carboxylic acids is 2. The van der Waals surface area contributed by atoms with Gasteiger partial charge in [-0.25, -0.2) is 9.59 Å². The van der Waals surface area contributed by atoms with Gasteiger partial charge in [0.1, 0.15) is 12.4 Å². The zero-order valence-corrected chi connectivity index (χ0v) is 13.0. The molecule has 1 heterocycles. The molecule has 128 valence electrons. The van der Waals surface area contributed by atoms with Crippen LogP contribution in [-0.2, 0) is 20.2 Å². The lowest BCUT2D eigenvalue weighted by molar-refractivity contribution is -0.173. The van der Waals surface area contributed by atoms with Crippen molar-refractivity contribution in [3.63, 3.8) is 0 Å². The Morgan fingerprint density at radius 2 is 2.21 bits per heavy atom. The van der Waals surface area contributed by atoms with Crippen LogP contribution in [0.1, 0.15) is 18.1 Å². The van der Waals surface area contributed by atoms with E-state index < -0.39 is 34.9 Å². The lowest BCUT2D eigenvalue weighted by atomic mass is 9.99. The van der Waals surface area contributed by atoms with Gasteiger partial charge in [0.25, 0.3) is 0 Å². The molecule has 0 N–H and O–H groups in total. The maximum atomic E-state index is 14.4. The summed E-state index contributed by atoms with van der Waals surface area (Å²) in [5, 5.41) is 9.22. The molecule has 1 aromatic rings. The van der Waals surface area contributed by atoms with Gasteiger partial charge < -0.3 is 14.2 Å². The van der Waals surface area contributed by atoms with Crippen molar-refractivity contribution in [2.75, 3.05) is 31.8 Å². The average molecular weight is 340 g/mol. The fraction of sp³-hybridized carbons (Fsp3) is 0.400. The molecule has 1 aliphatic rings. The summed E-state index contributed by atoms with van der Waals surface area (Å²) >= 11 is 0. The number of esters is 1. The molecule has 1 amide bonds. The maximum Gasteiger partial charge on any atom is 0.414 e. The van der Waals surface area contributed by atoms with Crippen molar-refractivity contribution in [3.05, 3.63) is 23.3 Å². The van der Waals surface area contributed by atoms with Crippen LogP contribution in [0.5, 0.6) is 5.75 Å². The molecule has 2 rings (SSSR count). The minimum atomic E-state index is -4.07. The SMILES string of the molecule is CCOC(=O)C(F)(F)c1c(C#N)cc(N2CCOC2=O)cc1OC. The van der Waals surface area contributed by atoms with Crippen LogP contribution in [0, 0.1) is 11.3 Å². The minimum Gasteiger partial charge on any atom is -0.496 e. The standard InChI is InChI=1S/C15H14F2N2O5/c1-3-23-13(20)15(16,17)12-9(8-18)6-10(7-11(12)22-2)19-4-5-24-14(19)21/h6-7H,3-5H2,1-2H3. The quantitative estimate of drug-likeness (QED) is 0.763. The summed E-state index contributed by atoms with van der Waals surface area (Å²) in [7, 11) is 1.12. The van der Waals surface area contributed by atoms with Crippen molar-refractivity contribution in [2.45, 2.75) is 12.8 Å². The Hall–Kier alpha value is -2.89. The van der Waals surface area contributed by atoms with Crippen LogP contribution < -0.4 is 9.64 Å². The highest BCUT2D eigenvalue weighted by molar-refractivity contribution is 5.91. The number of amides is 1. The van der Waals surface area contributed by atoms with Gasteiger partial charge in [-0.1, -0.05) is 0 Å². The number of hydrogen-bond acceptors (Lipinski definition) is 6. The van der Waals surface area contributed by atoms with E-state index in [-0.39, 0.29) is 25.4 Å². The van der Waals surface area contributed by atoms with Crippen molar-refractivity contribution in [3.8, 4) is 11.8 Å². The van der Waals surface area contributed by atoms with E-state index in [1.807, 2.05) is 0 Å². The van der Waals surface area contributed by atoms with Gasteiger partial charge in [-0.15, -0.1) is 0 Å². The highest BCUT2D eigenvalue weighted by atomic mass is 19.3. The third-order valence-corrected chi connectivity index (χ3v) is 3.35. The van der Waals surface area contributed by atoms with Crippen molar-refractivity contribution in [1.82, 2.24) is 0 Å². The molecular formula is C15H14F2N2O5. The molecule has 0 aromatic heterocycles. The molecule has 0 bridgehead atoms. The lowest BCUT2D eigenvalue weighted by Gasteiger charge is -2.21. The average Bonchev–Trinajstić information content (AvgIpc) is 2.99. The van der Waals surface area contributed by atoms with E-state index in [1.165, 1.54) is 11.8 Å². The van der Waals surface area contributed by atoms with Crippen molar-refractivity contribution >= 4 is 17.7 Å². The van der Waals surface area contributed by atoms with Gasteiger partial charge in [0.05, 0.1) is 43.1 Å². The highest BCUT2D eigenvalue weighted by Crippen LogP contribution is 2.41. The number of rotatable bonds is 5. The normalized spacial score (nSPS) is 14.1. The number of halogens is 2. The van der Waals surface area contributed by atoms with Crippen molar-refractivity contribution in [1.29, 1.82) is 5.26 Å². The molecule has 9 heteroatoms. The fourth-order valence-electron chi connectivity index (χ4n) is 2.28. The first kappa shape index (κ1) is 17.5. The molecule has 0 spiro atoms. The Morgan fingerprint density at radius 3 is 2.71 bits per heavy atom. The molecule has 1 aliphatic heterocycles. The van der Waals surface area contributed by atoms with E-state index in [2.05, 4.69) is 4.74 Å². The summed E-state index contributed by atoms with van der Waals surface area (Å²) in [6.45, 7) is 1.50. The Morgan fingerprint density at radius 1 is 1.50 bits per heavy atom. The Labute approximate surface area is 136 Å². The topological polar surface area (TPSA) is 88.9 Å². The monoisotopic (exact) mass is 340 g/mol. The zero-order valence-electron chi connectivity index (χ0n) is 13.0. The molecular weight excluding hydrogens is 326 g/mol. The van der Waals surface area contributed by atoms with Crippen LogP contribution in [-0.4, -0.2) is 38.9 Å². The number of cyclic esters (lactones) is 1. The molecule has 0 radical (unpaired) electrons. The first-order chi connectivity index (χ1) is 11.4. The lowest BCUT2D eigenvalue weighted by Crippen LogP contribution is -2.30. The predicted octanol–water partition coefficient (Wildman–Crippen LogP) is 2.18. The third-order valence-electron chi connectivity index (χ3n) is 3.35. The predicted molar refractivity (Wildman–Crippen MR) is 76.9 cm³/mol. The number of alkyl halides is 2. The van der Waals surface area contributed by atoms with E-state index in [1.54, 1.807) is 6.07 Å². The van der Waals surface area contributed by atoms with Crippen molar-refractivity contribution < 1.29 is 32.6 Å². The van der Waals surface area contributed by atoms with Crippen molar-refractivity contribution in [2.24, 2.45) is 0 Å². The van der Waals surface area contributed by atoms with E-state index in [0.29, 0.717) is 0 Å². The molecule has 1 aromatic carbocycles. The van der Waals surface area contributed by atoms with Gasteiger partial charge in [0.15, 0.2) is 0 Å². The second-order valence-electron chi connectivity index (χ2n) is 4.74. The summed E-state index contributed by atoms with van der Waals surface area (Å²) < 4.78 is 42.9. The van der Waals surface area contributed by atoms with E-state index in [4.69, 9.17) is 9.47 Å². The number of methoxy groups -OCH3 is 1. The fourth-order valence-corrected chi connectivity index (χ4v) is 2.28. The largest absolute Gasteiger partial charge is 0.496 e. The Kier molecular flexibility index (Phi) is 4.87. The molecule has 0 atom stereocenters. The molecule has 0 aliphatic carbocycles. The summed E-state index contributed by atoms with van der Waals surface area (Å²) in [6.07, 6.45) is -0.661. The van der Waals surface area contributed by atoms with Gasteiger partial charge in [-0.2, -0.15) is 14.0 Å². The number of ether oxygens (including phenoxy) is 3. The van der Waals surface area contributed by atoms with E-state index in [9.17, 15) is 23.6 Å². The number of nitriles is 1. The summed E-state index contributed by atoms with van der Waals surface area (Å²) in [5.74, 6) is -6.26. The van der Waals surface area contributed by atoms with E-state index >= 15 is 0 Å². The maximum absolute atomic E-state index is 14.4. The first-order valence-corrected chi connectivity index (χ1v) is 6.98. The Balaban J connectivity index is 2.58. The summed E-state index contributed by atoms with van der Waals surface area (Å²) in [6, 6.07) is 3.84. The second kappa shape index (κ2) is 6.70. The molecule has 1 fully saturated rings. The molecule has 24 heavy (non-hydrogen) atoms. The Bertz CT molecular complexity index is 715. The third kappa shape index (κ3) is 2.95. The van der Waals surface area contributed by atoms with Gasteiger partial charge in [0.2, 0.25) is 0 Å². The van der Waals surface area contributed by atoms with Gasteiger partial charge in [0, 0.05) is 6.07 Å². The second-order valence-corrected chi connectivity index (χ2v) is 4.74. The van der Waals surface area contributed by atoms with Gasteiger partial charge in [-0.3, -0.25) is 4.90 Å². The number of anilines is 1. The number of benzene rings is 1. The van der Waals surface area contributed by atoms with Crippen LogP contribution >= 0.6 is 0 Å². The number of hydrogen-bond donors (Lipinski definition) is 0. The minimum absolute atomic E-state index is 0.143. The van der Waals surface area contributed by atoms with Crippen LogP contribution in [0.2, 0.25) is 0 Å². The zero-order chi connectivity index (χ0) is 17.9. The number of nitrogens with zero attached hydrogens (tertiary/aromatic N) is 2. The molecule has 0 unspecified atom stereocenters.